The van der Waals surface area contributed by atoms with Gasteiger partial charge in [-0.2, -0.15) is 0 Å². The molecule has 1 aliphatic rings. The molecule has 21 heavy (non-hydrogen) atoms. The highest BCUT2D eigenvalue weighted by Crippen LogP contribution is 2.27. The summed E-state index contributed by atoms with van der Waals surface area (Å²) < 4.78 is 12.0. The van der Waals surface area contributed by atoms with Crippen molar-refractivity contribution < 1.29 is 33.4 Å². The molecule has 0 aromatic heterocycles. The number of imide groups is 1. The second kappa shape index (κ2) is 6.78. The van der Waals surface area contributed by atoms with Crippen LogP contribution in [0.4, 0.5) is 0 Å². The Morgan fingerprint density at radius 2 is 1.86 bits per heavy atom. The minimum Gasteiger partial charge on any atom is -0.454 e. The first kappa shape index (κ1) is 18.0. The molecular weight excluding hydrogens is 352 g/mol. The summed E-state index contributed by atoms with van der Waals surface area (Å²) in [5, 5.41) is 0. The Morgan fingerprint density at radius 3 is 2.29 bits per heavy atom. The molecule has 1 fully saturated rings. The lowest BCUT2D eigenvalue weighted by molar-refractivity contribution is -0.216. The first-order valence-corrected chi connectivity index (χ1v) is 6.52. The highest BCUT2D eigenvalue weighted by atomic mass is 35.6. The maximum absolute atomic E-state index is 11.8. The van der Waals surface area contributed by atoms with Crippen LogP contribution in [0.25, 0.3) is 0 Å². The molecule has 1 rings (SSSR count). The molecule has 1 saturated heterocycles. The summed E-state index contributed by atoms with van der Waals surface area (Å²) in [4.78, 5) is 46.2. The van der Waals surface area contributed by atoms with Gasteiger partial charge in [-0.25, -0.2) is 9.69 Å². The van der Waals surface area contributed by atoms with E-state index in [1.165, 1.54) is 7.11 Å². The zero-order valence-corrected chi connectivity index (χ0v) is 13.1. The van der Waals surface area contributed by atoms with Crippen molar-refractivity contribution in [1.29, 1.82) is 0 Å². The third-order valence-electron chi connectivity index (χ3n) is 2.30. The summed E-state index contributed by atoms with van der Waals surface area (Å²) in [5.41, 5.74) is 0. The predicted molar refractivity (Wildman–Crippen MR) is 69.5 cm³/mol. The second-order valence-electron chi connectivity index (χ2n) is 3.86. The number of likely N-dealkylation sites (tertiary alicyclic amines) is 1. The van der Waals surface area contributed by atoms with Gasteiger partial charge in [0.25, 0.3) is 5.91 Å². The molecule has 1 heterocycles. The number of carbonyl (C=O) groups excluding carboxylic acids is 4. The van der Waals surface area contributed by atoms with Crippen molar-refractivity contribution >= 4 is 58.6 Å². The number of esters is 2. The molecule has 0 aliphatic carbocycles. The van der Waals surface area contributed by atoms with Gasteiger partial charge in [0.05, 0.1) is 0 Å². The molecule has 0 aromatic rings. The summed E-state index contributed by atoms with van der Waals surface area (Å²) >= 11 is 16.1. The molecule has 1 aliphatic heterocycles. The van der Waals surface area contributed by atoms with Gasteiger partial charge in [0.1, 0.15) is 6.61 Å². The van der Waals surface area contributed by atoms with Gasteiger partial charge in [-0.3, -0.25) is 14.4 Å². The standard InChI is InChI=1S/C10H10Cl3NO7/c1-4(15)21-8-5(19-2)6(16)14(8)7(17)9(18)20-3-10(11,12)13/h5,8H,3H2,1-2H3. The van der Waals surface area contributed by atoms with E-state index >= 15 is 0 Å². The molecule has 2 unspecified atom stereocenters. The average molecular weight is 363 g/mol. The van der Waals surface area contributed by atoms with E-state index in [1.54, 1.807) is 0 Å². The Balaban J connectivity index is 2.73. The Kier molecular flexibility index (Phi) is 5.80. The normalized spacial score (nSPS) is 21.6. The Morgan fingerprint density at radius 1 is 1.29 bits per heavy atom. The third-order valence-corrected chi connectivity index (χ3v) is 2.62. The van der Waals surface area contributed by atoms with Crippen LogP contribution in [0.1, 0.15) is 6.92 Å². The topological polar surface area (TPSA) is 99.2 Å². The van der Waals surface area contributed by atoms with Crippen LogP contribution >= 0.6 is 34.8 Å². The number of halogens is 3. The van der Waals surface area contributed by atoms with E-state index in [9.17, 15) is 19.2 Å². The van der Waals surface area contributed by atoms with Crippen LogP contribution in [0.15, 0.2) is 0 Å². The average Bonchev–Trinajstić information content (AvgIpc) is 2.34. The summed E-state index contributed by atoms with van der Waals surface area (Å²) in [6.45, 7) is 0.384. The van der Waals surface area contributed by atoms with Gasteiger partial charge >= 0.3 is 17.8 Å². The number of methoxy groups -OCH3 is 1. The fourth-order valence-corrected chi connectivity index (χ4v) is 1.63. The fraction of sp³-hybridized carbons (Fsp3) is 0.600. The van der Waals surface area contributed by atoms with Crippen LogP contribution in [0.5, 0.6) is 0 Å². The molecule has 0 N–H and O–H groups in total. The van der Waals surface area contributed by atoms with Crippen LogP contribution < -0.4 is 0 Å². The van der Waals surface area contributed by atoms with Gasteiger partial charge < -0.3 is 14.2 Å². The maximum Gasteiger partial charge on any atom is 0.397 e. The van der Waals surface area contributed by atoms with Crippen molar-refractivity contribution in [2.45, 2.75) is 23.0 Å². The van der Waals surface area contributed by atoms with E-state index in [4.69, 9.17) is 44.3 Å². The summed E-state index contributed by atoms with van der Waals surface area (Å²) in [7, 11) is 1.18. The molecule has 0 spiro atoms. The lowest BCUT2D eigenvalue weighted by atomic mass is 10.1. The molecule has 118 valence electrons. The number of amides is 2. The Bertz CT molecular complexity index is 476. The van der Waals surface area contributed by atoms with E-state index < -0.39 is 46.5 Å². The van der Waals surface area contributed by atoms with Crippen molar-refractivity contribution in [3.63, 3.8) is 0 Å². The maximum atomic E-state index is 11.8. The monoisotopic (exact) mass is 361 g/mol. The van der Waals surface area contributed by atoms with Gasteiger partial charge in [0, 0.05) is 14.0 Å². The minimum absolute atomic E-state index is 0.399. The first-order chi connectivity index (χ1) is 9.58. The largest absolute Gasteiger partial charge is 0.454 e. The van der Waals surface area contributed by atoms with Crippen molar-refractivity contribution in [2.24, 2.45) is 0 Å². The molecule has 8 nitrogen and oxygen atoms in total. The third kappa shape index (κ3) is 4.44. The lowest BCUT2D eigenvalue weighted by Gasteiger charge is -2.42. The van der Waals surface area contributed by atoms with E-state index in [0.29, 0.717) is 4.90 Å². The number of ether oxygens (including phenoxy) is 3. The summed E-state index contributed by atoms with van der Waals surface area (Å²) in [6.07, 6.45) is -2.51. The number of nitrogens with zero attached hydrogens (tertiary/aromatic N) is 1. The fourth-order valence-electron chi connectivity index (χ4n) is 1.46. The number of hydrogen-bond donors (Lipinski definition) is 0. The molecule has 2 amide bonds. The molecule has 0 bridgehead atoms. The van der Waals surface area contributed by atoms with E-state index in [1.807, 2.05) is 0 Å². The zero-order valence-electron chi connectivity index (χ0n) is 10.8. The minimum atomic E-state index is -1.90. The summed E-state index contributed by atoms with van der Waals surface area (Å²) in [6, 6.07) is 0. The highest BCUT2D eigenvalue weighted by Gasteiger charge is 2.55. The molecule has 11 heteroatoms. The lowest BCUT2D eigenvalue weighted by Crippen LogP contribution is -2.69. The zero-order chi connectivity index (χ0) is 16.4. The molecule has 2 atom stereocenters. The number of alkyl halides is 3. The smallest absolute Gasteiger partial charge is 0.397 e. The number of carbonyl (C=O) groups is 4. The van der Waals surface area contributed by atoms with Gasteiger partial charge in [-0.15, -0.1) is 0 Å². The highest BCUT2D eigenvalue weighted by molar-refractivity contribution is 6.67. The van der Waals surface area contributed by atoms with Crippen LogP contribution in [0, 0.1) is 0 Å². The van der Waals surface area contributed by atoms with Gasteiger partial charge in [0.15, 0.2) is 6.10 Å². The van der Waals surface area contributed by atoms with Crippen LogP contribution in [0.2, 0.25) is 0 Å². The second-order valence-corrected chi connectivity index (χ2v) is 6.38. The number of hydrogen-bond acceptors (Lipinski definition) is 7. The molecule has 0 saturated carbocycles. The Labute approximate surface area is 134 Å². The Hall–Kier alpha value is -1.09. The van der Waals surface area contributed by atoms with Gasteiger partial charge in [-0.1, -0.05) is 34.8 Å². The predicted octanol–water partition coefficient (Wildman–Crippen LogP) is 0.173. The quantitative estimate of drug-likeness (QED) is 0.305. The van der Waals surface area contributed by atoms with Gasteiger partial charge in [-0.05, 0) is 0 Å². The number of β-lactam (4-membered cyclic amide) rings is 1. The van der Waals surface area contributed by atoms with Crippen molar-refractivity contribution in [3.05, 3.63) is 0 Å². The van der Waals surface area contributed by atoms with Crippen molar-refractivity contribution in [2.75, 3.05) is 13.7 Å². The summed E-state index contributed by atoms with van der Waals surface area (Å²) in [5.74, 6) is -4.39. The van der Waals surface area contributed by atoms with Crippen LogP contribution in [0.3, 0.4) is 0 Å². The molecule has 0 radical (unpaired) electrons. The van der Waals surface area contributed by atoms with Crippen LogP contribution in [-0.2, 0) is 33.4 Å². The molecular formula is C10H10Cl3NO7. The van der Waals surface area contributed by atoms with Crippen molar-refractivity contribution in [3.8, 4) is 0 Å². The van der Waals surface area contributed by atoms with Crippen molar-refractivity contribution in [1.82, 2.24) is 4.90 Å². The first-order valence-electron chi connectivity index (χ1n) is 5.39. The van der Waals surface area contributed by atoms with Gasteiger partial charge in [0.2, 0.25) is 10.0 Å². The molecule has 0 aromatic carbocycles. The van der Waals surface area contributed by atoms with E-state index in [0.717, 1.165) is 6.92 Å². The van der Waals surface area contributed by atoms with E-state index in [-0.39, 0.29) is 0 Å². The number of rotatable bonds is 3. The van der Waals surface area contributed by atoms with E-state index in [2.05, 4.69) is 4.74 Å². The van der Waals surface area contributed by atoms with Crippen LogP contribution in [-0.4, -0.2) is 58.5 Å². The SMILES string of the molecule is COC1C(=O)N(C(=O)C(=O)OCC(Cl)(Cl)Cl)C1OC(C)=O.